The van der Waals surface area contributed by atoms with E-state index in [1.54, 1.807) is 0 Å². The molecule has 1 aliphatic heterocycles. The van der Waals surface area contributed by atoms with Crippen LogP contribution in [0.4, 0.5) is 10.5 Å². The van der Waals surface area contributed by atoms with E-state index in [0.29, 0.717) is 30.6 Å². The molecule has 1 aromatic heterocycles. The minimum absolute atomic E-state index is 0.149. The van der Waals surface area contributed by atoms with Crippen molar-refractivity contribution in [2.45, 2.75) is 31.4 Å². The van der Waals surface area contributed by atoms with Crippen molar-refractivity contribution < 1.29 is 18.8 Å². The van der Waals surface area contributed by atoms with Crippen LogP contribution >= 0.6 is 11.8 Å². The number of aromatic nitrogens is 2. The summed E-state index contributed by atoms with van der Waals surface area (Å²) in [7, 11) is 0. The molecule has 28 heavy (non-hydrogen) atoms. The van der Waals surface area contributed by atoms with Gasteiger partial charge in [-0.15, -0.1) is 10.2 Å². The first-order valence-electron chi connectivity index (χ1n) is 8.97. The summed E-state index contributed by atoms with van der Waals surface area (Å²) >= 11 is 1.15. The summed E-state index contributed by atoms with van der Waals surface area (Å²) in [4.78, 5) is 36.5. The maximum absolute atomic E-state index is 12.2. The molecule has 0 spiro atoms. The van der Waals surface area contributed by atoms with Crippen LogP contribution in [0.2, 0.25) is 0 Å². The van der Waals surface area contributed by atoms with Gasteiger partial charge in [0.2, 0.25) is 17.7 Å². The third-order valence-electron chi connectivity index (χ3n) is 4.19. The number of benzene rings is 1. The molecule has 10 heteroatoms. The highest BCUT2D eigenvalue weighted by Crippen LogP contribution is 2.19. The molecule has 2 heterocycles. The normalized spacial score (nSPS) is 14.1. The molecular weight excluding hydrogens is 382 g/mol. The summed E-state index contributed by atoms with van der Waals surface area (Å²) in [6.45, 7) is 2.78. The molecule has 3 rings (SSSR count). The Morgan fingerprint density at radius 2 is 2.14 bits per heavy atom. The lowest BCUT2D eigenvalue weighted by Gasteiger charge is -2.25. The van der Waals surface area contributed by atoms with Gasteiger partial charge in [0.05, 0.1) is 5.75 Å². The fraction of sp³-hybridized carbons (Fsp3) is 0.389. The number of para-hydroxylation sites is 1. The molecule has 0 unspecified atom stereocenters. The Balaban J connectivity index is 1.45. The summed E-state index contributed by atoms with van der Waals surface area (Å²) in [5, 5.41) is 13.3. The first kappa shape index (κ1) is 19.9. The predicted octanol–water partition coefficient (Wildman–Crippen LogP) is 1.85. The van der Waals surface area contributed by atoms with E-state index in [2.05, 4.69) is 20.8 Å². The summed E-state index contributed by atoms with van der Waals surface area (Å²) in [5.74, 6) is 0.109. The van der Waals surface area contributed by atoms with Gasteiger partial charge >= 0.3 is 6.03 Å². The average Bonchev–Trinajstić information content (AvgIpc) is 3.14. The Kier molecular flexibility index (Phi) is 6.64. The van der Waals surface area contributed by atoms with Crippen LogP contribution in [0.1, 0.15) is 24.8 Å². The lowest BCUT2D eigenvalue weighted by atomic mass is 10.1. The van der Waals surface area contributed by atoms with E-state index in [1.807, 2.05) is 31.2 Å². The zero-order valence-electron chi connectivity index (χ0n) is 15.4. The molecule has 1 saturated heterocycles. The lowest BCUT2D eigenvalue weighted by molar-refractivity contribution is -0.121. The van der Waals surface area contributed by atoms with E-state index >= 15 is 0 Å². The number of carbonyl (C=O) groups excluding carboxylic acids is 3. The van der Waals surface area contributed by atoms with Gasteiger partial charge in [0, 0.05) is 31.6 Å². The van der Waals surface area contributed by atoms with Gasteiger partial charge in [-0.3, -0.25) is 14.9 Å². The number of amides is 4. The summed E-state index contributed by atoms with van der Waals surface area (Å²) in [6.07, 6.45) is 1.50. The topological polar surface area (TPSA) is 117 Å². The molecule has 1 fully saturated rings. The van der Waals surface area contributed by atoms with Crippen molar-refractivity contribution in [3.63, 3.8) is 0 Å². The van der Waals surface area contributed by atoms with Crippen molar-refractivity contribution in [3.8, 4) is 0 Å². The fourth-order valence-electron chi connectivity index (χ4n) is 2.70. The molecule has 1 aromatic carbocycles. The van der Waals surface area contributed by atoms with Crippen LogP contribution in [-0.2, 0) is 22.4 Å². The van der Waals surface area contributed by atoms with Crippen molar-refractivity contribution >= 4 is 35.3 Å². The number of urea groups is 1. The van der Waals surface area contributed by atoms with Gasteiger partial charge in [-0.25, -0.2) is 4.79 Å². The van der Waals surface area contributed by atoms with Crippen molar-refractivity contribution in [1.82, 2.24) is 20.4 Å². The minimum Gasteiger partial charge on any atom is -0.416 e. The maximum Gasteiger partial charge on any atom is 0.324 e. The molecule has 2 aromatic rings. The maximum atomic E-state index is 12.2. The van der Waals surface area contributed by atoms with Crippen LogP contribution in [0.3, 0.4) is 0 Å². The predicted molar refractivity (Wildman–Crippen MR) is 103 cm³/mol. The fourth-order valence-corrected chi connectivity index (χ4v) is 3.28. The first-order chi connectivity index (χ1) is 13.5. The average molecular weight is 403 g/mol. The van der Waals surface area contributed by atoms with Crippen molar-refractivity contribution in [2.24, 2.45) is 0 Å². The molecule has 0 saturated carbocycles. The largest absolute Gasteiger partial charge is 0.416 e. The zero-order valence-corrected chi connectivity index (χ0v) is 16.3. The highest BCUT2D eigenvalue weighted by molar-refractivity contribution is 7.99. The van der Waals surface area contributed by atoms with E-state index in [0.717, 1.165) is 29.4 Å². The molecule has 9 nitrogen and oxygen atoms in total. The molecule has 0 radical (unpaired) electrons. The Morgan fingerprint density at radius 1 is 1.32 bits per heavy atom. The number of hydrogen-bond donors (Lipinski definition) is 2. The zero-order chi connectivity index (χ0) is 19.9. The van der Waals surface area contributed by atoms with Crippen LogP contribution in [0.5, 0.6) is 0 Å². The van der Waals surface area contributed by atoms with E-state index in [-0.39, 0.29) is 24.0 Å². The van der Waals surface area contributed by atoms with Crippen LogP contribution in [-0.4, -0.2) is 51.8 Å². The van der Waals surface area contributed by atoms with Crippen molar-refractivity contribution in [3.05, 3.63) is 35.7 Å². The number of thioether (sulfide) groups is 1. The number of aryl methyl sites for hydroxylation is 1. The molecular formula is C18H21N5O4S. The lowest BCUT2D eigenvalue weighted by Crippen LogP contribution is -2.49. The van der Waals surface area contributed by atoms with Gasteiger partial charge in [-0.05, 0) is 18.1 Å². The Labute approximate surface area is 166 Å². The number of imide groups is 1. The Bertz CT molecular complexity index is 869. The second-order valence-electron chi connectivity index (χ2n) is 6.15. The van der Waals surface area contributed by atoms with Crippen molar-refractivity contribution in [2.75, 3.05) is 24.2 Å². The molecule has 2 N–H and O–H groups in total. The molecule has 0 bridgehead atoms. The molecule has 0 aliphatic carbocycles. The van der Waals surface area contributed by atoms with E-state index in [1.165, 1.54) is 4.90 Å². The molecule has 1 aliphatic rings. The van der Waals surface area contributed by atoms with Crippen LogP contribution in [0.15, 0.2) is 33.9 Å². The number of nitrogens with one attached hydrogen (secondary N) is 2. The summed E-state index contributed by atoms with van der Waals surface area (Å²) < 4.78 is 5.51. The van der Waals surface area contributed by atoms with Gasteiger partial charge < -0.3 is 14.6 Å². The molecule has 0 atom stereocenters. The molecule has 4 amide bonds. The summed E-state index contributed by atoms with van der Waals surface area (Å²) in [6, 6.07) is 7.26. The van der Waals surface area contributed by atoms with E-state index < -0.39 is 6.03 Å². The smallest absolute Gasteiger partial charge is 0.324 e. The number of anilines is 1. The monoisotopic (exact) mass is 403 g/mol. The number of hydrogen-bond acceptors (Lipinski definition) is 7. The highest BCUT2D eigenvalue weighted by atomic mass is 32.2. The number of nitrogens with zero attached hydrogens (tertiary/aromatic N) is 3. The van der Waals surface area contributed by atoms with Crippen LogP contribution < -0.4 is 10.6 Å². The third-order valence-corrected chi connectivity index (χ3v) is 5.00. The van der Waals surface area contributed by atoms with Gasteiger partial charge in [0.15, 0.2) is 0 Å². The van der Waals surface area contributed by atoms with Gasteiger partial charge in [-0.1, -0.05) is 36.9 Å². The number of carbonyl (C=O) groups is 3. The van der Waals surface area contributed by atoms with E-state index in [4.69, 9.17) is 4.42 Å². The Hall–Kier alpha value is -2.88. The van der Waals surface area contributed by atoms with Crippen LogP contribution in [0, 0.1) is 0 Å². The third kappa shape index (κ3) is 5.32. The van der Waals surface area contributed by atoms with Gasteiger partial charge in [0.25, 0.3) is 5.22 Å². The standard InChI is InChI=1S/C18H21N5O4S/c1-2-12-5-3-4-6-13(12)19-15(25)11-28-18-22-21-16(27-18)8-10-23-9-7-14(24)20-17(23)26/h3-6H,2,7-11H2,1H3,(H,19,25)(H,20,24,26). The van der Waals surface area contributed by atoms with Gasteiger partial charge in [-0.2, -0.15) is 0 Å². The molecule has 148 valence electrons. The number of rotatable bonds is 8. The van der Waals surface area contributed by atoms with Crippen LogP contribution in [0.25, 0.3) is 0 Å². The van der Waals surface area contributed by atoms with Gasteiger partial charge in [0.1, 0.15) is 0 Å². The second-order valence-corrected chi connectivity index (χ2v) is 7.08. The highest BCUT2D eigenvalue weighted by Gasteiger charge is 2.23. The quantitative estimate of drug-likeness (QED) is 0.646. The SMILES string of the molecule is CCc1ccccc1NC(=O)CSc1nnc(CCN2CCC(=O)NC2=O)o1. The minimum atomic E-state index is -0.408. The Morgan fingerprint density at radius 3 is 2.93 bits per heavy atom. The van der Waals surface area contributed by atoms with E-state index in [9.17, 15) is 14.4 Å². The van der Waals surface area contributed by atoms with Crippen molar-refractivity contribution in [1.29, 1.82) is 0 Å². The first-order valence-corrected chi connectivity index (χ1v) is 9.95. The second kappa shape index (κ2) is 9.36. The summed E-state index contributed by atoms with van der Waals surface area (Å²) in [5.41, 5.74) is 1.88.